The number of hydrogen-bond acceptors (Lipinski definition) is 6. The van der Waals surface area contributed by atoms with Gasteiger partial charge in [0.05, 0.1) is 23.6 Å². The number of carbonyl (C=O) groups excluding carboxylic acids is 1. The van der Waals surface area contributed by atoms with Gasteiger partial charge >= 0.3 is 0 Å². The van der Waals surface area contributed by atoms with Crippen LogP contribution in [0.2, 0.25) is 0 Å². The number of benzene rings is 1. The van der Waals surface area contributed by atoms with Gasteiger partial charge in [-0.15, -0.1) is 0 Å². The minimum Gasteiger partial charge on any atom is -0.486 e. The molecule has 1 amide bonds. The van der Waals surface area contributed by atoms with E-state index in [1.807, 2.05) is 18.7 Å². The quantitative estimate of drug-likeness (QED) is 0.731. The Morgan fingerprint density at radius 3 is 2.41 bits per heavy atom. The Labute approximate surface area is 171 Å². The van der Waals surface area contributed by atoms with Gasteiger partial charge < -0.3 is 19.1 Å². The van der Waals surface area contributed by atoms with Crippen LogP contribution in [-0.4, -0.2) is 75.1 Å². The summed E-state index contributed by atoms with van der Waals surface area (Å²) in [6, 6.07) is 4.71. The summed E-state index contributed by atoms with van der Waals surface area (Å²) in [5.41, 5.74) is -0.330. The van der Waals surface area contributed by atoms with E-state index >= 15 is 0 Å². The molecule has 9 heteroatoms. The van der Waals surface area contributed by atoms with Crippen molar-refractivity contribution in [2.24, 2.45) is 5.92 Å². The maximum Gasteiger partial charge on any atom is 0.243 e. The van der Waals surface area contributed by atoms with Crippen LogP contribution in [-0.2, 0) is 19.6 Å². The predicted octanol–water partition coefficient (Wildman–Crippen LogP) is 1.50. The van der Waals surface area contributed by atoms with Crippen molar-refractivity contribution < 1.29 is 27.4 Å². The van der Waals surface area contributed by atoms with Crippen molar-refractivity contribution in [2.45, 2.75) is 37.1 Å². The summed E-state index contributed by atoms with van der Waals surface area (Å²) in [7, 11) is -3.64. The van der Waals surface area contributed by atoms with Crippen molar-refractivity contribution in [3.63, 3.8) is 0 Å². The third-order valence-electron chi connectivity index (χ3n) is 5.87. The van der Waals surface area contributed by atoms with Crippen molar-refractivity contribution in [2.75, 3.05) is 46.1 Å². The van der Waals surface area contributed by atoms with Gasteiger partial charge in [-0.05, 0) is 38.8 Å². The largest absolute Gasteiger partial charge is 0.486 e. The molecule has 1 aromatic carbocycles. The molecule has 3 aliphatic heterocycles. The molecule has 0 aliphatic carbocycles. The summed E-state index contributed by atoms with van der Waals surface area (Å²) in [5.74, 6) is 0.971. The molecule has 3 aliphatic rings. The molecule has 29 heavy (non-hydrogen) atoms. The first-order valence-corrected chi connectivity index (χ1v) is 11.5. The lowest BCUT2D eigenvalue weighted by molar-refractivity contribution is -0.151. The van der Waals surface area contributed by atoms with Crippen LogP contribution in [0.4, 0.5) is 0 Å². The summed E-state index contributed by atoms with van der Waals surface area (Å²) in [6.07, 6.45) is 1.05. The average molecular weight is 425 g/mol. The van der Waals surface area contributed by atoms with Gasteiger partial charge in [-0.1, -0.05) is 0 Å². The molecule has 1 aromatic rings. The molecule has 2 fully saturated rings. The summed E-state index contributed by atoms with van der Waals surface area (Å²) >= 11 is 0. The standard InChI is InChI=1S/C20H28N2O6S/c1-20(2)14-26-10-9-22(20)19(23)15-5-7-21(8-6-15)29(24,25)16-3-4-17-18(13-16)28-12-11-27-17/h3-4,13,15H,5-12,14H2,1-2H3. The van der Waals surface area contributed by atoms with Crippen LogP contribution in [0.3, 0.4) is 0 Å². The van der Waals surface area contributed by atoms with Gasteiger partial charge in [0.2, 0.25) is 15.9 Å². The molecule has 0 radical (unpaired) electrons. The fourth-order valence-electron chi connectivity index (χ4n) is 4.16. The zero-order chi connectivity index (χ0) is 20.6. The second-order valence-electron chi connectivity index (χ2n) is 8.34. The summed E-state index contributed by atoms with van der Waals surface area (Å²) < 4.78 is 44.1. The number of piperidine rings is 1. The second-order valence-corrected chi connectivity index (χ2v) is 10.3. The van der Waals surface area contributed by atoms with E-state index in [-0.39, 0.29) is 22.3 Å². The van der Waals surface area contributed by atoms with E-state index in [0.29, 0.717) is 70.4 Å². The van der Waals surface area contributed by atoms with Crippen LogP contribution >= 0.6 is 0 Å². The number of sulfonamides is 1. The molecule has 160 valence electrons. The molecule has 0 unspecified atom stereocenters. The van der Waals surface area contributed by atoms with E-state index in [2.05, 4.69) is 0 Å². The summed E-state index contributed by atoms with van der Waals surface area (Å²) in [5, 5.41) is 0. The highest BCUT2D eigenvalue weighted by Gasteiger charge is 2.39. The molecule has 0 spiro atoms. The maximum atomic E-state index is 13.1. The summed E-state index contributed by atoms with van der Waals surface area (Å²) in [4.78, 5) is 15.1. The number of fused-ring (bicyclic) bond motifs is 1. The van der Waals surface area contributed by atoms with Gasteiger partial charge in [-0.2, -0.15) is 4.31 Å². The molecule has 2 saturated heterocycles. The minimum atomic E-state index is -3.64. The van der Waals surface area contributed by atoms with Crippen LogP contribution < -0.4 is 9.47 Å². The Kier molecular flexibility index (Phi) is 5.48. The van der Waals surface area contributed by atoms with E-state index in [0.717, 1.165) is 0 Å². The zero-order valence-electron chi connectivity index (χ0n) is 16.9. The maximum absolute atomic E-state index is 13.1. The minimum absolute atomic E-state index is 0.106. The Morgan fingerprint density at radius 1 is 1.03 bits per heavy atom. The smallest absolute Gasteiger partial charge is 0.243 e. The normalized spacial score (nSPS) is 23.0. The summed E-state index contributed by atoms with van der Waals surface area (Å²) in [6.45, 7) is 7.19. The highest BCUT2D eigenvalue weighted by atomic mass is 32.2. The fourth-order valence-corrected chi connectivity index (χ4v) is 5.65. The van der Waals surface area contributed by atoms with E-state index in [1.54, 1.807) is 12.1 Å². The number of carbonyl (C=O) groups is 1. The molecule has 0 saturated carbocycles. The first-order valence-electron chi connectivity index (χ1n) is 10.1. The predicted molar refractivity (Wildman–Crippen MR) is 106 cm³/mol. The monoisotopic (exact) mass is 424 g/mol. The van der Waals surface area contributed by atoms with Gasteiger partial charge in [-0.25, -0.2) is 8.42 Å². The molecule has 8 nitrogen and oxygen atoms in total. The molecule has 4 rings (SSSR count). The van der Waals surface area contributed by atoms with E-state index in [4.69, 9.17) is 14.2 Å². The van der Waals surface area contributed by atoms with Crippen LogP contribution in [0.1, 0.15) is 26.7 Å². The van der Waals surface area contributed by atoms with Gasteiger partial charge in [0.25, 0.3) is 0 Å². The lowest BCUT2D eigenvalue weighted by Crippen LogP contribution is -2.58. The van der Waals surface area contributed by atoms with Crippen molar-refractivity contribution in [1.29, 1.82) is 0 Å². The zero-order valence-corrected chi connectivity index (χ0v) is 17.7. The highest BCUT2D eigenvalue weighted by molar-refractivity contribution is 7.89. The van der Waals surface area contributed by atoms with E-state index in [1.165, 1.54) is 10.4 Å². The number of nitrogens with zero attached hydrogens (tertiary/aromatic N) is 2. The van der Waals surface area contributed by atoms with Crippen molar-refractivity contribution >= 4 is 15.9 Å². The first-order chi connectivity index (χ1) is 13.8. The van der Waals surface area contributed by atoms with E-state index in [9.17, 15) is 13.2 Å². The molecule has 0 atom stereocenters. The number of hydrogen-bond donors (Lipinski definition) is 0. The lowest BCUT2D eigenvalue weighted by Gasteiger charge is -2.44. The molecule has 0 aromatic heterocycles. The van der Waals surface area contributed by atoms with Crippen LogP contribution in [0.15, 0.2) is 23.1 Å². The Morgan fingerprint density at radius 2 is 1.72 bits per heavy atom. The highest BCUT2D eigenvalue weighted by Crippen LogP contribution is 2.34. The van der Waals surface area contributed by atoms with E-state index < -0.39 is 10.0 Å². The van der Waals surface area contributed by atoms with Gasteiger partial charge in [0.1, 0.15) is 13.2 Å². The third-order valence-corrected chi connectivity index (χ3v) is 7.76. The lowest BCUT2D eigenvalue weighted by atomic mass is 9.93. The van der Waals surface area contributed by atoms with Crippen LogP contribution in [0.25, 0.3) is 0 Å². The number of ether oxygens (including phenoxy) is 3. The third kappa shape index (κ3) is 3.95. The molecular formula is C20H28N2O6S. The average Bonchev–Trinajstić information content (AvgIpc) is 2.72. The first kappa shape index (κ1) is 20.4. The Balaban J connectivity index is 1.43. The van der Waals surface area contributed by atoms with Gasteiger partial charge in [-0.3, -0.25) is 4.79 Å². The van der Waals surface area contributed by atoms with Gasteiger partial charge in [0.15, 0.2) is 11.5 Å². The van der Waals surface area contributed by atoms with Crippen LogP contribution in [0, 0.1) is 5.92 Å². The fraction of sp³-hybridized carbons (Fsp3) is 0.650. The van der Waals surface area contributed by atoms with Crippen molar-refractivity contribution in [1.82, 2.24) is 9.21 Å². The number of rotatable bonds is 3. The Hall–Kier alpha value is -1.84. The SMILES string of the molecule is CC1(C)COCCN1C(=O)C1CCN(S(=O)(=O)c2ccc3c(c2)OCCO3)CC1. The number of amides is 1. The Bertz CT molecular complexity index is 877. The van der Waals surface area contributed by atoms with Gasteiger partial charge in [0, 0.05) is 31.6 Å². The van der Waals surface area contributed by atoms with Crippen LogP contribution in [0.5, 0.6) is 11.5 Å². The molecule has 3 heterocycles. The van der Waals surface area contributed by atoms with Crippen molar-refractivity contribution in [3.8, 4) is 11.5 Å². The molecule has 0 N–H and O–H groups in total. The second kappa shape index (κ2) is 7.77. The molecular weight excluding hydrogens is 396 g/mol. The van der Waals surface area contributed by atoms with Crippen molar-refractivity contribution in [3.05, 3.63) is 18.2 Å². The topological polar surface area (TPSA) is 85.4 Å². The molecule has 0 bridgehead atoms. The number of morpholine rings is 1.